The molecule has 0 aliphatic heterocycles. The smallest absolute Gasteiger partial charge is 0.242 e. The number of para-hydroxylation sites is 2. The van der Waals surface area contributed by atoms with Crippen molar-refractivity contribution in [1.82, 2.24) is 0 Å². The normalized spacial score (nSPS) is 11.9. The molecule has 1 rings (SSSR count). The maximum absolute atomic E-state index is 11.4. The first-order valence-corrected chi connectivity index (χ1v) is 4.58. The van der Waals surface area contributed by atoms with Gasteiger partial charge in [0.05, 0.1) is 18.8 Å². The van der Waals surface area contributed by atoms with E-state index in [2.05, 4.69) is 5.32 Å². The lowest BCUT2D eigenvalue weighted by Crippen LogP contribution is -2.41. The van der Waals surface area contributed by atoms with Gasteiger partial charge >= 0.3 is 0 Å². The zero-order chi connectivity index (χ0) is 11.3. The van der Waals surface area contributed by atoms with Crippen LogP contribution in [0.2, 0.25) is 0 Å². The van der Waals surface area contributed by atoms with E-state index in [-0.39, 0.29) is 12.5 Å². The summed E-state index contributed by atoms with van der Waals surface area (Å²) in [5, 5.41) is 2.64. The summed E-state index contributed by atoms with van der Waals surface area (Å²) in [5.74, 6) is 0.275. The number of carbonyl (C=O) groups excluding carboxylic acids is 1. The van der Waals surface area contributed by atoms with Gasteiger partial charge in [-0.05, 0) is 12.1 Å². The number of rotatable bonds is 4. The molecule has 0 bridgehead atoms. The Labute approximate surface area is 88.4 Å². The molecule has 0 spiro atoms. The van der Waals surface area contributed by atoms with Crippen LogP contribution in [-0.2, 0) is 4.79 Å². The van der Waals surface area contributed by atoms with Crippen LogP contribution in [0.15, 0.2) is 24.3 Å². The Bertz CT molecular complexity index is 341. The molecule has 1 aromatic carbocycles. The molecule has 1 amide bonds. The van der Waals surface area contributed by atoms with Gasteiger partial charge in [0.25, 0.3) is 0 Å². The molecule has 0 saturated carbocycles. The van der Waals surface area contributed by atoms with Gasteiger partial charge in [0.2, 0.25) is 5.91 Å². The maximum Gasteiger partial charge on any atom is 0.242 e. The molecular formula is C10H15N3O2. The number of hydrogen-bond donors (Lipinski definition) is 3. The minimum atomic E-state index is -0.699. The van der Waals surface area contributed by atoms with Crippen LogP contribution in [0, 0.1) is 0 Å². The third-order valence-corrected chi connectivity index (χ3v) is 1.96. The topological polar surface area (TPSA) is 90.4 Å². The Morgan fingerprint density at radius 2 is 2.20 bits per heavy atom. The highest BCUT2D eigenvalue weighted by atomic mass is 16.5. The van der Waals surface area contributed by atoms with Gasteiger partial charge in [0.15, 0.2) is 0 Å². The third-order valence-electron chi connectivity index (χ3n) is 1.96. The van der Waals surface area contributed by atoms with E-state index in [9.17, 15) is 4.79 Å². The van der Waals surface area contributed by atoms with Crippen molar-refractivity contribution in [2.75, 3.05) is 19.0 Å². The van der Waals surface area contributed by atoms with E-state index in [1.807, 2.05) is 6.07 Å². The van der Waals surface area contributed by atoms with Gasteiger partial charge in [-0.15, -0.1) is 0 Å². The van der Waals surface area contributed by atoms with Crippen LogP contribution in [0.1, 0.15) is 0 Å². The molecule has 5 N–H and O–H groups in total. The lowest BCUT2D eigenvalue weighted by molar-refractivity contribution is -0.117. The molecule has 0 fully saturated rings. The molecule has 1 aromatic rings. The van der Waals surface area contributed by atoms with Crippen LogP contribution in [0.3, 0.4) is 0 Å². The first-order chi connectivity index (χ1) is 7.19. The highest BCUT2D eigenvalue weighted by Crippen LogP contribution is 2.22. The molecule has 0 aliphatic rings. The minimum absolute atomic E-state index is 0.112. The van der Waals surface area contributed by atoms with Crippen LogP contribution >= 0.6 is 0 Å². The summed E-state index contributed by atoms with van der Waals surface area (Å²) in [6.45, 7) is 0.112. The second-order valence-electron chi connectivity index (χ2n) is 3.03. The van der Waals surface area contributed by atoms with Crippen molar-refractivity contribution < 1.29 is 9.53 Å². The number of nitrogens with two attached hydrogens (primary N) is 2. The molecule has 0 aliphatic carbocycles. The van der Waals surface area contributed by atoms with Crippen molar-refractivity contribution in [3.8, 4) is 5.75 Å². The first-order valence-electron chi connectivity index (χ1n) is 4.58. The number of anilines is 1. The number of nitrogens with one attached hydrogen (secondary N) is 1. The zero-order valence-corrected chi connectivity index (χ0v) is 8.57. The minimum Gasteiger partial charge on any atom is -0.495 e. The summed E-state index contributed by atoms with van der Waals surface area (Å²) in [4.78, 5) is 11.4. The van der Waals surface area contributed by atoms with E-state index in [0.29, 0.717) is 11.4 Å². The van der Waals surface area contributed by atoms with Gasteiger partial charge in [0, 0.05) is 6.54 Å². The van der Waals surface area contributed by atoms with Crippen molar-refractivity contribution in [2.24, 2.45) is 11.5 Å². The average Bonchev–Trinajstić information content (AvgIpc) is 2.28. The van der Waals surface area contributed by atoms with Crippen molar-refractivity contribution in [3.63, 3.8) is 0 Å². The summed E-state index contributed by atoms with van der Waals surface area (Å²) in [7, 11) is 1.54. The standard InChI is InChI=1S/C10H15N3O2/c1-15-9-5-3-2-4-8(9)13-10(14)7(12)6-11/h2-5,7H,6,11-12H2,1H3,(H,13,14). The Morgan fingerprint density at radius 3 is 2.80 bits per heavy atom. The Morgan fingerprint density at radius 1 is 1.53 bits per heavy atom. The van der Waals surface area contributed by atoms with Crippen LogP contribution < -0.4 is 21.5 Å². The highest BCUT2D eigenvalue weighted by molar-refractivity contribution is 5.96. The summed E-state index contributed by atoms with van der Waals surface area (Å²) in [5.41, 5.74) is 11.3. The van der Waals surface area contributed by atoms with E-state index in [1.165, 1.54) is 7.11 Å². The SMILES string of the molecule is COc1ccccc1NC(=O)C(N)CN. The van der Waals surface area contributed by atoms with Crippen molar-refractivity contribution in [2.45, 2.75) is 6.04 Å². The van der Waals surface area contributed by atoms with Gasteiger partial charge in [-0.2, -0.15) is 0 Å². The molecule has 15 heavy (non-hydrogen) atoms. The van der Waals surface area contributed by atoms with E-state index < -0.39 is 6.04 Å². The van der Waals surface area contributed by atoms with Crippen molar-refractivity contribution in [1.29, 1.82) is 0 Å². The van der Waals surface area contributed by atoms with E-state index in [4.69, 9.17) is 16.2 Å². The second-order valence-corrected chi connectivity index (χ2v) is 3.03. The van der Waals surface area contributed by atoms with Crippen LogP contribution in [0.4, 0.5) is 5.69 Å². The van der Waals surface area contributed by atoms with Gasteiger partial charge in [-0.3, -0.25) is 4.79 Å². The zero-order valence-electron chi connectivity index (χ0n) is 8.57. The second kappa shape index (κ2) is 5.33. The van der Waals surface area contributed by atoms with Crippen LogP contribution in [0.25, 0.3) is 0 Å². The van der Waals surface area contributed by atoms with Gasteiger partial charge in [0.1, 0.15) is 5.75 Å². The number of hydrogen-bond acceptors (Lipinski definition) is 4. The Balaban J connectivity index is 2.76. The van der Waals surface area contributed by atoms with E-state index in [1.54, 1.807) is 18.2 Å². The lowest BCUT2D eigenvalue weighted by Gasteiger charge is -2.12. The molecular weight excluding hydrogens is 194 g/mol. The summed E-state index contributed by atoms with van der Waals surface area (Å²) >= 11 is 0. The first kappa shape index (κ1) is 11.5. The Hall–Kier alpha value is -1.59. The number of carbonyl (C=O) groups is 1. The third kappa shape index (κ3) is 2.93. The lowest BCUT2D eigenvalue weighted by atomic mass is 10.2. The largest absolute Gasteiger partial charge is 0.495 e. The fraction of sp³-hybridized carbons (Fsp3) is 0.300. The fourth-order valence-electron chi connectivity index (χ4n) is 1.08. The predicted molar refractivity (Wildman–Crippen MR) is 58.7 cm³/mol. The van der Waals surface area contributed by atoms with Crippen LogP contribution in [-0.4, -0.2) is 25.6 Å². The quantitative estimate of drug-likeness (QED) is 0.647. The molecule has 0 heterocycles. The fourth-order valence-corrected chi connectivity index (χ4v) is 1.08. The molecule has 82 valence electrons. The Kier molecular flexibility index (Phi) is 4.08. The highest BCUT2D eigenvalue weighted by Gasteiger charge is 2.12. The monoisotopic (exact) mass is 209 g/mol. The van der Waals surface area contributed by atoms with E-state index >= 15 is 0 Å². The maximum atomic E-state index is 11.4. The molecule has 0 saturated heterocycles. The molecule has 5 nitrogen and oxygen atoms in total. The summed E-state index contributed by atoms with van der Waals surface area (Å²) in [6, 6.07) is 6.41. The average molecular weight is 209 g/mol. The van der Waals surface area contributed by atoms with E-state index in [0.717, 1.165) is 0 Å². The summed E-state index contributed by atoms with van der Waals surface area (Å²) in [6.07, 6.45) is 0. The molecule has 5 heteroatoms. The van der Waals surface area contributed by atoms with Gasteiger partial charge < -0.3 is 21.5 Å². The van der Waals surface area contributed by atoms with Crippen LogP contribution in [0.5, 0.6) is 5.75 Å². The molecule has 1 atom stereocenters. The number of ether oxygens (including phenoxy) is 1. The number of benzene rings is 1. The van der Waals surface area contributed by atoms with Gasteiger partial charge in [-0.1, -0.05) is 12.1 Å². The molecule has 1 unspecified atom stereocenters. The predicted octanol–water partition coefficient (Wildman–Crippen LogP) is -0.0803. The van der Waals surface area contributed by atoms with Gasteiger partial charge in [-0.25, -0.2) is 0 Å². The molecule has 0 radical (unpaired) electrons. The number of amides is 1. The summed E-state index contributed by atoms with van der Waals surface area (Å²) < 4.78 is 5.07. The van der Waals surface area contributed by atoms with Crippen molar-refractivity contribution in [3.05, 3.63) is 24.3 Å². The number of methoxy groups -OCH3 is 1. The van der Waals surface area contributed by atoms with Crippen molar-refractivity contribution >= 4 is 11.6 Å². The molecule has 0 aromatic heterocycles.